The van der Waals surface area contributed by atoms with Crippen LogP contribution in [0.2, 0.25) is 0 Å². The largest absolute Gasteiger partial charge is 0.325 e. The monoisotopic (exact) mass is 365 g/mol. The third kappa shape index (κ3) is 4.17. The molecule has 3 aromatic rings. The molecule has 0 saturated heterocycles. The molecule has 0 aliphatic rings. The lowest BCUT2D eigenvalue weighted by Crippen LogP contribution is -2.23. The van der Waals surface area contributed by atoms with E-state index in [9.17, 15) is 4.79 Å². The quantitative estimate of drug-likeness (QED) is 0.617. The Kier molecular flexibility index (Phi) is 5.78. The zero-order chi connectivity index (χ0) is 18.5. The van der Waals surface area contributed by atoms with Crippen molar-refractivity contribution in [1.82, 2.24) is 9.55 Å². The van der Waals surface area contributed by atoms with Gasteiger partial charge in [-0.3, -0.25) is 9.36 Å². The van der Waals surface area contributed by atoms with Crippen LogP contribution < -0.4 is 5.32 Å². The van der Waals surface area contributed by atoms with Crippen LogP contribution in [0.1, 0.15) is 32.3 Å². The molecule has 0 bridgehead atoms. The van der Waals surface area contributed by atoms with E-state index in [-0.39, 0.29) is 11.2 Å². The van der Waals surface area contributed by atoms with Crippen molar-refractivity contribution in [2.24, 2.45) is 0 Å². The average Bonchev–Trinajstić information content (AvgIpc) is 3.10. The van der Waals surface area contributed by atoms with Crippen molar-refractivity contribution in [2.75, 3.05) is 5.32 Å². The van der Waals surface area contributed by atoms with Gasteiger partial charge in [-0.05, 0) is 36.6 Å². The maximum Gasteiger partial charge on any atom is 0.237 e. The Morgan fingerprint density at radius 3 is 2.46 bits per heavy atom. The molecule has 4 nitrogen and oxygen atoms in total. The first-order valence-corrected chi connectivity index (χ1v) is 9.59. The molecule has 1 heterocycles. The predicted octanol–water partition coefficient (Wildman–Crippen LogP) is 5.12. The van der Waals surface area contributed by atoms with Gasteiger partial charge in [-0.2, -0.15) is 0 Å². The van der Waals surface area contributed by atoms with Gasteiger partial charge in [0.2, 0.25) is 5.91 Å². The van der Waals surface area contributed by atoms with Crippen LogP contribution in [0.5, 0.6) is 0 Å². The van der Waals surface area contributed by atoms with Crippen LogP contribution in [-0.4, -0.2) is 20.7 Å². The predicted molar refractivity (Wildman–Crippen MR) is 108 cm³/mol. The van der Waals surface area contributed by atoms with Crippen LogP contribution in [-0.2, 0) is 4.79 Å². The summed E-state index contributed by atoms with van der Waals surface area (Å²) in [5, 5.41) is 3.60. The van der Waals surface area contributed by atoms with Crippen molar-refractivity contribution in [3.8, 4) is 5.69 Å². The fourth-order valence-electron chi connectivity index (χ4n) is 2.72. The second-order valence-corrected chi connectivity index (χ2v) is 7.71. The van der Waals surface area contributed by atoms with Gasteiger partial charge >= 0.3 is 0 Å². The van der Waals surface area contributed by atoms with E-state index >= 15 is 0 Å². The number of amides is 1. The number of rotatable bonds is 6. The summed E-state index contributed by atoms with van der Waals surface area (Å²) in [6, 6.07) is 18.0. The van der Waals surface area contributed by atoms with Crippen LogP contribution in [0.15, 0.2) is 72.1 Å². The maximum absolute atomic E-state index is 12.7. The Morgan fingerprint density at radius 1 is 1.04 bits per heavy atom. The molecule has 0 saturated carbocycles. The van der Waals surface area contributed by atoms with E-state index in [0.29, 0.717) is 5.92 Å². The number of imidazole rings is 1. The van der Waals surface area contributed by atoms with Gasteiger partial charge in [-0.1, -0.05) is 62.0 Å². The summed E-state index contributed by atoms with van der Waals surface area (Å²) in [5.74, 6) is 0.331. The number of nitrogens with one attached hydrogen (secondary N) is 1. The fraction of sp³-hybridized carbons (Fsp3) is 0.238. The van der Waals surface area contributed by atoms with Crippen LogP contribution in [0.3, 0.4) is 0 Å². The molecule has 0 aliphatic carbocycles. The van der Waals surface area contributed by atoms with Crippen molar-refractivity contribution >= 4 is 23.4 Å². The highest BCUT2D eigenvalue weighted by Gasteiger charge is 2.19. The van der Waals surface area contributed by atoms with E-state index in [1.807, 2.05) is 66.2 Å². The molecule has 134 valence electrons. The van der Waals surface area contributed by atoms with Gasteiger partial charge in [0.25, 0.3) is 0 Å². The molecule has 3 rings (SSSR count). The first kappa shape index (κ1) is 18.3. The zero-order valence-corrected chi connectivity index (χ0v) is 16.0. The molecule has 1 atom stereocenters. The lowest BCUT2D eigenvalue weighted by atomic mass is 10.0. The van der Waals surface area contributed by atoms with E-state index in [0.717, 1.165) is 22.1 Å². The summed E-state index contributed by atoms with van der Waals surface area (Å²) in [4.78, 5) is 17.1. The van der Waals surface area contributed by atoms with Gasteiger partial charge in [0.1, 0.15) is 0 Å². The van der Waals surface area contributed by atoms with Crippen LogP contribution in [0, 0.1) is 0 Å². The minimum absolute atomic E-state index is 0.0225. The van der Waals surface area contributed by atoms with E-state index in [2.05, 4.69) is 30.2 Å². The third-order valence-corrected chi connectivity index (χ3v) is 5.21. The van der Waals surface area contributed by atoms with Crippen molar-refractivity contribution < 1.29 is 4.79 Å². The number of hydrogen-bond acceptors (Lipinski definition) is 3. The summed E-state index contributed by atoms with van der Waals surface area (Å²) >= 11 is 1.45. The Morgan fingerprint density at radius 2 is 1.73 bits per heavy atom. The van der Waals surface area contributed by atoms with Crippen LogP contribution in [0.25, 0.3) is 5.69 Å². The number of benzene rings is 2. The maximum atomic E-state index is 12.7. The molecule has 26 heavy (non-hydrogen) atoms. The number of aromatic nitrogens is 2. The molecule has 1 amide bonds. The van der Waals surface area contributed by atoms with Crippen molar-refractivity contribution in [3.63, 3.8) is 0 Å². The minimum atomic E-state index is -0.264. The number of hydrogen-bond donors (Lipinski definition) is 1. The smallest absolute Gasteiger partial charge is 0.237 e. The fourth-order valence-corrected chi connectivity index (χ4v) is 3.61. The van der Waals surface area contributed by atoms with E-state index in [4.69, 9.17) is 0 Å². The van der Waals surface area contributed by atoms with Crippen LogP contribution >= 0.6 is 11.8 Å². The first-order chi connectivity index (χ1) is 12.6. The first-order valence-electron chi connectivity index (χ1n) is 8.71. The normalized spacial score (nSPS) is 12.2. The molecule has 1 aromatic heterocycles. The molecule has 0 radical (unpaired) electrons. The molecular weight excluding hydrogens is 342 g/mol. The van der Waals surface area contributed by atoms with Gasteiger partial charge in [0, 0.05) is 23.8 Å². The number of carbonyl (C=O) groups excluding carboxylic acids is 1. The summed E-state index contributed by atoms with van der Waals surface area (Å²) in [7, 11) is 0. The average molecular weight is 366 g/mol. The summed E-state index contributed by atoms with van der Waals surface area (Å²) in [6.07, 6.45) is 3.67. The number of anilines is 1. The highest BCUT2D eigenvalue weighted by molar-refractivity contribution is 8.00. The van der Waals surface area contributed by atoms with E-state index in [1.54, 1.807) is 6.20 Å². The SMILES string of the molecule is CC(C)c1ccccc1NC(=O)[C@@H](C)Sc1nccn1-c1ccccc1. The van der Waals surface area contributed by atoms with Gasteiger partial charge in [0.05, 0.1) is 5.25 Å². The summed E-state index contributed by atoms with van der Waals surface area (Å²) in [5.41, 5.74) is 3.06. The van der Waals surface area contributed by atoms with Gasteiger partial charge in [-0.15, -0.1) is 0 Å². The molecule has 0 unspecified atom stereocenters. The standard InChI is InChI=1S/C21H23N3OS/c1-15(2)18-11-7-8-12-19(18)23-20(25)16(3)26-21-22-13-14-24(21)17-9-5-4-6-10-17/h4-16H,1-3H3,(H,23,25)/t16-/m1/s1. The summed E-state index contributed by atoms with van der Waals surface area (Å²) < 4.78 is 2.00. The number of para-hydroxylation sites is 2. The van der Waals surface area contributed by atoms with Crippen LogP contribution in [0.4, 0.5) is 5.69 Å². The second-order valence-electron chi connectivity index (χ2n) is 6.41. The highest BCUT2D eigenvalue weighted by Crippen LogP contribution is 2.27. The second kappa shape index (κ2) is 8.23. The van der Waals surface area contributed by atoms with Crippen molar-refractivity contribution in [2.45, 2.75) is 37.1 Å². The number of carbonyl (C=O) groups is 1. The Bertz CT molecular complexity index is 874. The topological polar surface area (TPSA) is 46.9 Å². The van der Waals surface area contributed by atoms with Gasteiger partial charge < -0.3 is 5.32 Å². The van der Waals surface area contributed by atoms with Gasteiger partial charge in [0.15, 0.2) is 5.16 Å². The number of thioether (sulfide) groups is 1. The molecule has 1 N–H and O–H groups in total. The van der Waals surface area contributed by atoms with Crippen molar-refractivity contribution in [1.29, 1.82) is 0 Å². The molecule has 5 heteroatoms. The molecule has 2 aromatic carbocycles. The lowest BCUT2D eigenvalue weighted by Gasteiger charge is -2.16. The zero-order valence-electron chi connectivity index (χ0n) is 15.2. The van der Waals surface area contributed by atoms with Crippen molar-refractivity contribution in [3.05, 3.63) is 72.6 Å². The Hall–Kier alpha value is -2.53. The lowest BCUT2D eigenvalue weighted by molar-refractivity contribution is -0.115. The molecule has 0 aliphatic heterocycles. The third-order valence-electron chi connectivity index (χ3n) is 4.13. The van der Waals surface area contributed by atoms with Gasteiger partial charge in [-0.25, -0.2) is 4.98 Å². The molecule has 0 fully saturated rings. The number of nitrogens with zero attached hydrogens (tertiary/aromatic N) is 2. The Labute approximate surface area is 158 Å². The van der Waals surface area contributed by atoms with E-state index < -0.39 is 0 Å². The summed E-state index contributed by atoms with van der Waals surface area (Å²) in [6.45, 7) is 6.15. The van der Waals surface area contributed by atoms with E-state index in [1.165, 1.54) is 11.8 Å². The molecular formula is C21H23N3OS. The minimum Gasteiger partial charge on any atom is -0.325 e. The Balaban J connectivity index is 1.73. The molecule has 0 spiro atoms. The highest BCUT2D eigenvalue weighted by atomic mass is 32.2.